The van der Waals surface area contributed by atoms with Crippen LogP contribution in [0.2, 0.25) is 0 Å². The van der Waals surface area contributed by atoms with Crippen molar-refractivity contribution < 1.29 is 0 Å². The van der Waals surface area contributed by atoms with E-state index in [2.05, 4.69) is 45.3 Å². The number of anilines is 1. The molecule has 3 rings (SSSR count). The zero-order chi connectivity index (χ0) is 14.7. The first-order valence-electron chi connectivity index (χ1n) is 7.56. The number of pyridine rings is 1. The Morgan fingerprint density at radius 3 is 3.00 bits per heavy atom. The summed E-state index contributed by atoms with van der Waals surface area (Å²) >= 11 is 0. The zero-order valence-electron chi connectivity index (χ0n) is 12.8. The molecule has 0 amide bonds. The van der Waals surface area contributed by atoms with Gasteiger partial charge in [0.05, 0.1) is 6.20 Å². The van der Waals surface area contributed by atoms with Crippen LogP contribution >= 0.6 is 0 Å². The van der Waals surface area contributed by atoms with Gasteiger partial charge in [0.1, 0.15) is 5.82 Å². The van der Waals surface area contributed by atoms with Crippen LogP contribution < -0.4 is 4.90 Å². The molecule has 0 N–H and O–H groups in total. The maximum Gasteiger partial charge on any atom is 0.128 e. The molecule has 0 radical (unpaired) electrons. The fraction of sp³-hybridized carbons (Fsp3) is 0.500. The molecule has 0 aliphatic carbocycles. The molecule has 0 bridgehead atoms. The minimum absolute atomic E-state index is 0.570. The van der Waals surface area contributed by atoms with Crippen molar-refractivity contribution in [2.24, 2.45) is 7.05 Å². The van der Waals surface area contributed by atoms with Crippen LogP contribution in [0, 0.1) is 0 Å². The first-order valence-corrected chi connectivity index (χ1v) is 7.56. The maximum atomic E-state index is 4.48. The van der Waals surface area contributed by atoms with Gasteiger partial charge >= 0.3 is 0 Å². The molecule has 2 aromatic rings. The summed E-state index contributed by atoms with van der Waals surface area (Å²) in [5, 5.41) is 4.25. The van der Waals surface area contributed by atoms with Crippen molar-refractivity contribution in [2.75, 3.05) is 25.0 Å². The lowest BCUT2D eigenvalue weighted by Gasteiger charge is -2.38. The van der Waals surface area contributed by atoms with Gasteiger partial charge in [-0.15, -0.1) is 0 Å². The van der Waals surface area contributed by atoms with E-state index in [0.717, 1.165) is 25.5 Å². The second kappa shape index (κ2) is 6.26. The third-order valence-corrected chi connectivity index (χ3v) is 4.18. The Balaban J connectivity index is 1.62. The third kappa shape index (κ3) is 3.42. The fourth-order valence-corrected chi connectivity index (χ4v) is 3.03. The second-order valence-electron chi connectivity index (χ2n) is 5.87. The van der Waals surface area contributed by atoms with Crippen molar-refractivity contribution in [2.45, 2.75) is 25.4 Å². The number of aromatic nitrogens is 3. The van der Waals surface area contributed by atoms with Gasteiger partial charge in [0.15, 0.2) is 0 Å². The smallest absolute Gasteiger partial charge is 0.128 e. The van der Waals surface area contributed by atoms with E-state index in [9.17, 15) is 0 Å². The number of aryl methyl sites for hydroxylation is 1. The SMILES string of the molecule is CN(Cc1cnn(C)c1)[C@H]1CCCN(c2ccccn2)C1. The Morgan fingerprint density at radius 2 is 2.29 bits per heavy atom. The van der Waals surface area contributed by atoms with Crippen molar-refractivity contribution in [3.05, 3.63) is 42.4 Å². The highest BCUT2D eigenvalue weighted by Gasteiger charge is 2.24. The summed E-state index contributed by atoms with van der Waals surface area (Å²) < 4.78 is 1.87. The van der Waals surface area contributed by atoms with Crippen LogP contribution in [0.25, 0.3) is 0 Å². The zero-order valence-corrected chi connectivity index (χ0v) is 12.8. The molecule has 5 heteroatoms. The number of hydrogen-bond donors (Lipinski definition) is 0. The molecule has 1 atom stereocenters. The normalized spacial score (nSPS) is 19.2. The van der Waals surface area contributed by atoms with Gasteiger partial charge in [0, 0.05) is 50.7 Å². The molecule has 112 valence electrons. The van der Waals surface area contributed by atoms with Gasteiger partial charge < -0.3 is 4.90 Å². The van der Waals surface area contributed by atoms with Gasteiger partial charge in [-0.25, -0.2) is 4.98 Å². The number of hydrogen-bond acceptors (Lipinski definition) is 4. The summed E-state index contributed by atoms with van der Waals surface area (Å²) in [4.78, 5) is 9.31. The van der Waals surface area contributed by atoms with E-state index in [1.165, 1.54) is 18.4 Å². The summed E-state index contributed by atoms with van der Waals surface area (Å²) in [5.41, 5.74) is 1.27. The molecular weight excluding hydrogens is 262 g/mol. The Hall–Kier alpha value is -1.88. The van der Waals surface area contributed by atoms with Crippen molar-refractivity contribution in [3.63, 3.8) is 0 Å². The monoisotopic (exact) mass is 285 g/mol. The average Bonchev–Trinajstić information content (AvgIpc) is 2.93. The molecule has 1 aliphatic rings. The molecule has 0 unspecified atom stereocenters. The van der Waals surface area contributed by atoms with E-state index in [1.54, 1.807) is 0 Å². The lowest BCUT2D eigenvalue weighted by Crippen LogP contribution is -2.46. The van der Waals surface area contributed by atoms with Crippen LogP contribution in [0.5, 0.6) is 0 Å². The number of rotatable bonds is 4. The summed E-state index contributed by atoms with van der Waals surface area (Å²) in [5.74, 6) is 1.09. The van der Waals surface area contributed by atoms with Gasteiger partial charge in [-0.2, -0.15) is 5.10 Å². The highest BCUT2D eigenvalue weighted by atomic mass is 15.3. The minimum Gasteiger partial charge on any atom is -0.355 e. The summed E-state index contributed by atoms with van der Waals surface area (Å²) in [6.45, 7) is 3.11. The van der Waals surface area contributed by atoms with E-state index in [0.29, 0.717) is 6.04 Å². The minimum atomic E-state index is 0.570. The van der Waals surface area contributed by atoms with E-state index >= 15 is 0 Å². The first kappa shape index (κ1) is 14.1. The molecule has 0 aromatic carbocycles. The van der Waals surface area contributed by atoms with Crippen molar-refractivity contribution in [3.8, 4) is 0 Å². The topological polar surface area (TPSA) is 37.2 Å². The van der Waals surface area contributed by atoms with Crippen LogP contribution in [0.3, 0.4) is 0 Å². The highest BCUT2D eigenvalue weighted by molar-refractivity contribution is 5.38. The van der Waals surface area contributed by atoms with Crippen LogP contribution in [-0.2, 0) is 13.6 Å². The molecule has 1 fully saturated rings. The Labute approximate surface area is 126 Å². The van der Waals surface area contributed by atoms with Crippen LogP contribution in [0.4, 0.5) is 5.82 Å². The van der Waals surface area contributed by atoms with E-state index in [4.69, 9.17) is 0 Å². The van der Waals surface area contributed by atoms with Crippen molar-refractivity contribution >= 4 is 5.82 Å². The van der Waals surface area contributed by atoms with Crippen molar-refractivity contribution in [1.82, 2.24) is 19.7 Å². The lowest BCUT2D eigenvalue weighted by atomic mass is 10.0. The molecule has 0 spiro atoms. The molecule has 1 saturated heterocycles. The molecule has 5 nitrogen and oxygen atoms in total. The maximum absolute atomic E-state index is 4.48. The molecule has 3 heterocycles. The third-order valence-electron chi connectivity index (χ3n) is 4.18. The van der Waals surface area contributed by atoms with Crippen LogP contribution in [0.15, 0.2) is 36.8 Å². The van der Waals surface area contributed by atoms with Gasteiger partial charge in [-0.05, 0) is 32.0 Å². The van der Waals surface area contributed by atoms with E-state index < -0.39 is 0 Å². The predicted octanol–water partition coefficient (Wildman–Crippen LogP) is 1.92. The molecule has 0 saturated carbocycles. The highest BCUT2D eigenvalue weighted by Crippen LogP contribution is 2.21. The number of piperidine rings is 1. The summed E-state index contributed by atoms with van der Waals surface area (Å²) in [6, 6.07) is 6.70. The Morgan fingerprint density at radius 1 is 1.38 bits per heavy atom. The van der Waals surface area contributed by atoms with Gasteiger partial charge in [-0.1, -0.05) is 6.07 Å². The van der Waals surface area contributed by atoms with Crippen LogP contribution in [0.1, 0.15) is 18.4 Å². The van der Waals surface area contributed by atoms with Gasteiger partial charge in [0.25, 0.3) is 0 Å². The molecule has 1 aliphatic heterocycles. The second-order valence-corrected chi connectivity index (χ2v) is 5.87. The van der Waals surface area contributed by atoms with Gasteiger partial charge in [-0.3, -0.25) is 9.58 Å². The predicted molar refractivity (Wildman–Crippen MR) is 84.1 cm³/mol. The number of nitrogens with zero attached hydrogens (tertiary/aromatic N) is 5. The van der Waals surface area contributed by atoms with Crippen molar-refractivity contribution in [1.29, 1.82) is 0 Å². The summed E-state index contributed by atoms with van der Waals surface area (Å²) in [7, 11) is 4.17. The molecule has 2 aromatic heterocycles. The standard InChI is InChI=1S/C16H23N5/c1-19(11-14-10-18-20(2)12-14)15-6-5-9-21(13-15)16-7-3-4-8-17-16/h3-4,7-8,10,12,15H,5-6,9,11,13H2,1-2H3/t15-/m0/s1. The van der Waals surface area contributed by atoms with Crippen LogP contribution in [-0.4, -0.2) is 45.8 Å². The Kier molecular flexibility index (Phi) is 4.20. The largest absolute Gasteiger partial charge is 0.355 e. The quantitative estimate of drug-likeness (QED) is 0.860. The summed E-state index contributed by atoms with van der Waals surface area (Å²) in [6.07, 6.45) is 8.39. The first-order chi connectivity index (χ1) is 10.2. The fourth-order valence-electron chi connectivity index (χ4n) is 3.03. The molecular formula is C16H23N5. The average molecular weight is 285 g/mol. The van der Waals surface area contributed by atoms with Gasteiger partial charge in [0.2, 0.25) is 0 Å². The Bertz CT molecular complexity index is 565. The molecule has 21 heavy (non-hydrogen) atoms. The lowest BCUT2D eigenvalue weighted by molar-refractivity contribution is 0.207. The van der Waals surface area contributed by atoms with E-state index in [1.807, 2.05) is 30.2 Å². The number of likely N-dealkylation sites (N-methyl/N-ethyl adjacent to an activating group) is 1. The van der Waals surface area contributed by atoms with E-state index in [-0.39, 0.29) is 0 Å².